The normalized spacial score (nSPS) is 19.2. The summed E-state index contributed by atoms with van der Waals surface area (Å²) < 4.78 is 0. The molecule has 1 saturated carbocycles. The fourth-order valence-electron chi connectivity index (χ4n) is 2.13. The molecule has 0 heterocycles. The van der Waals surface area contributed by atoms with E-state index in [0.29, 0.717) is 11.6 Å². The lowest BCUT2D eigenvalue weighted by Crippen LogP contribution is -2.29. The number of rotatable bonds is 3. The lowest BCUT2D eigenvalue weighted by atomic mass is 10.1. The maximum Gasteiger partial charge on any atom is 0.116 e. The predicted molar refractivity (Wildman–Crippen MR) is 69.7 cm³/mol. The first-order chi connectivity index (χ1) is 7.65. The summed E-state index contributed by atoms with van der Waals surface area (Å²) in [5.41, 5.74) is 6.73. The first-order valence-corrected chi connectivity index (χ1v) is 6.23. The lowest BCUT2D eigenvalue weighted by Gasteiger charge is -2.18. The molecule has 0 saturated heterocycles. The Bertz CT molecular complexity index is 320. The third-order valence-corrected chi connectivity index (χ3v) is 3.21. The van der Waals surface area contributed by atoms with E-state index in [2.05, 4.69) is 11.4 Å². The smallest absolute Gasteiger partial charge is 0.116 e. The number of nitrogens with two attached hydrogens (primary N) is 1. The zero-order chi connectivity index (χ0) is 12.0. The number of thiocarbonyl (C=S) groups is 1. The number of nitrogens with zero attached hydrogens (tertiary/aromatic N) is 1. The van der Waals surface area contributed by atoms with Crippen LogP contribution >= 0.6 is 12.2 Å². The molecule has 1 aliphatic carbocycles. The minimum atomic E-state index is 0.182. The van der Waals surface area contributed by atoms with Crippen molar-refractivity contribution < 1.29 is 0 Å². The van der Waals surface area contributed by atoms with Gasteiger partial charge in [0.25, 0.3) is 0 Å². The highest BCUT2D eigenvalue weighted by Crippen LogP contribution is 2.18. The van der Waals surface area contributed by atoms with Gasteiger partial charge in [-0.25, -0.2) is 0 Å². The van der Waals surface area contributed by atoms with Crippen LogP contribution in [-0.2, 0) is 0 Å². The van der Waals surface area contributed by atoms with Crippen molar-refractivity contribution in [3.8, 4) is 6.07 Å². The Hall–Kier alpha value is -1.08. The topological polar surface area (TPSA) is 61.8 Å². The second-order valence-corrected chi connectivity index (χ2v) is 4.75. The Morgan fingerprint density at radius 1 is 1.31 bits per heavy atom. The van der Waals surface area contributed by atoms with Crippen LogP contribution in [0.5, 0.6) is 0 Å². The first kappa shape index (κ1) is 13.0. The zero-order valence-corrected chi connectivity index (χ0v) is 10.6. The van der Waals surface area contributed by atoms with Gasteiger partial charge >= 0.3 is 0 Å². The zero-order valence-electron chi connectivity index (χ0n) is 9.75. The number of nitrogens with one attached hydrogen (secondary N) is 1. The molecule has 1 fully saturated rings. The maximum absolute atomic E-state index is 8.94. The van der Waals surface area contributed by atoms with Crippen LogP contribution in [0, 0.1) is 11.3 Å². The van der Waals surface area contributed by atoms with E-state index in [4.69, 9.17) is 23.2 Å². The molecule has 3 nitrogen and oxygen atoms in total. The second kappa shape index (κ2) is 6.49. The molecule has 0 amide bonds. The molecule has 1 aliphatic rings. The van der Waals surface area contributed by atoms with Crippen molar-refractivity contribution >= 4 is 17.2 Å². The van der Waals surface area contributed by atoms with Crippen molar-refractivity contribution in [2.75, 3.05) is 0 Å². The van der Waals surface area contributed by atoms with Gasteiger partial charge in [-0.15, -0.1) is 0 Å². The summed E-state index contributed by atoms with van der Waals surface area (Å²) in [6.45, 7) is 1.88. The summed E-state index contributed by atoms with van der Waals surface area (Å²) in [5, 5.41) is 12.3. The van der Waals surface area contributed by atoms with E-state index in [1.165, 1.54) is 38.5 Å². The van der Waals surface area contributed by atoms with Gasteiger partial charge < -0.3 is 11.1 Å². The molecule has 4 heteroatoms. The fourth-order valence-corrected chi connectivity index (χ4v) is 2.32. The summed E-state index contributed by atoms with van der Waals surface area (Å²) in [6, 6.07) is 2.53. The van der Waals surface area contributed by atoms with Crippen molar-refractivity contribution in [1.29, 1.82) is 5.26 Å². The molecule has 0 atom stereocenters. The molecule has 16 heavy (non-hydrogen) atoms. The van der Waals surface area contributed by atoms with Gasteiger partial charge in [-0.3, -0.25) is 0 Å². The van der Waals surface area contributed by atoms with Crippen molar-refractivity contribution in [3.63, 3.8) is 0 Å². The largest absolute Gasteiger partial charge is 0.389 e. The molecule has 0 aromatic heterocycles. The summed E-state index contributed by atoms with van der Waals surface area (Å²) in [7, 11) is 0. The SMILES string of the molecule is CC(NC1CCCCCC1)=C(C#N)C(N)=S. The van der Waals surface area contributed by atoms with Crippen LogP contribution in [-0.4, -0.2) is 11.0 Å². The van der Waals surface area contributed by atoms with Crippen molar-refractivity contribution in [2.24, 2.45) is 5.73 Å². The highest BCUT2D eigenvalue weighted by atomic mass is 32.1. The Labute approximate surface area is 103 Å². The summed E-state index contributed by atoms with van der Waals surface area (Å²) >= 11 is 4.84. The van der Waals surface area contributed by atoms with E-state index >= 15 is 0 Å². The second-order valence-electron chi connectivity index (χ2n) is 4.31. The van der Waals surface area contributed by atoms with Gasteiger partial charge in [-0.05, 0) is 19.8 Å². The quantitative estimate of drug-likeness (QED) is 0.342. The maximum atomic E-state index is 8.94. The summed E-state index contributed by atoms with van der Waals surface area (Å²) in [5.74, 6) is 0. The van der Waals surface area contributed by atoms with Crippen LogP contribution in [0.2, 0.25) is 0 Å². The van der Waals surface area contributed by atoms with Crippen molar-refractivity contribution in [2.45, 2.75) is 51.5 Å². The molecule has 88 valence electrons. The molecule has 0 unspecified atom stereocenters. The number of hydrogen-bond donors (Lipinski definition) is 2. The minimum Gasteiger partial charge on any atom is -0.389 e. The van der Waals surface area contributed by atoms with E-state index in [1.54, 1.807) is 0 Å². The van der Waals surface area contributed by atoms with E-state index < -0.39 is 0 Å². The standard InChI is InChI=1S/C12H19N3S/c1-9(11(8-13)12(14)16)15-10-6-4-2-3-5-7-10/h10,15H,2-7H2,1H3,(H2,14,16). The average molecular weight is 237 g/mol. The molecule has 1 rings (SSSR count). The number of hydrogen-bond acceptors (Lipinski definition) is 3. The first-order valence-electron chi connectivity index (χ1n) is 5.82. The van der Waals surface area contributed by atoms with Crippen molar-refractivity contribution in [3.05, 3.63) is 11.3 Å². The molecule has 0 aliphatic heterocycles. The molecular formula is C12H19N3S. The molecule has 0 radical (unpaired) electrons. The van der Waals surface area contributed by atoms with Gasteiger partial charge in [0.1, 0.15) is 16.6 Å². The highest BCUT2D eigenvalue weighted by molar-refractivity contribution is 7.80. The van der Waals surface area contributed by atoms with Gasteiger partial charge in [-0.1, -0.05) is 37.9 Å². The number of nitriles is 1. The Morgan fingerprint density at radius 2 is 1.88 bits per heavy atom. The van der Waals surface area contributed by atoms with Gasteiger partial charge in [0.2, 0.25) is 0 Å². The average Bonchev–Trinajstić information content (AvgIpc) is 2.46. The van der Waals surface area contributed by atoms with Gasteiger partial charge in [0.15, 0.2) is 0 Å². The molecule has 0 spiro atoms. The highest BCUT2D eigenvalue weighted by Gasteiger charge is 2.13. The monoisotopic (exact) mass is 237 g/mol. The molecule has 3 N–H and O–H groups in total. The van der Waals surface area contributed by atoms with Crippen LogP contribution in [0.15, 0.2) is 11.3 Å². The third-order valence-electron chi connectivity index (χ3n) is 3.01. The van der Waals surface area contributed by atoms with E-state index in [1.807, 2.05) is 6.92 Å². The summed E-state index contributed by atoms with van der Waals surface area (Å²) in [6.07, 6.45) is 7.52. The van der Waals surface area contributed by atoms with Gasteiger partial charge in [0.05, 0.1) is 0 Å². The van der Waals surface area contributed by atoms with Crippen LogP contribution in [0.1, 0.15) is 45.4 Å². The van der Waals surface area contributed by atoms with E-state index in [9.17, 15) is 0 Å². The summed E-state index contributed by atoms with van der Waals surface area (Å²) in [4.78, 5) is 0.182. The fraction of sp³-hybridized carbons (Fsp3) is 0.667. The Morgan fingerprint density at radius 3 is 2.31 bits per heavy atom. The van der Waals surface area contributed by atoms with E-state index in [-0.39, 0.29) is 4.99 Å². The Kier molecular flexibility index (Phi) is 5.27. The minimum absolute atomic E-state index is 0.182. The lowest BCUT2D eigenvalue weighted by molar-refractivity contribution is 0.501. The van der Waals surface area contributed by atoms with Crippen molar-refractivity contribution in [1.82, 2.24) is 5.32 Å². The molecule has 0 aromatic rings. The third kappa shape index (κ3) is 3.82. The van der Waals surface area contributed by atoms with Gasteiger partial charge in [0, 0.05) is 11.7 Å². The predicted octanol–water partition coefficient (Wildman–Crippen LogP) is 2.38. The molecular weight excluding hydrogens is 218 g/mol. The van der Waals surface area contributed by atoms with Crippen LogP contribution < -0.4 is 11.1 Å². The van der Waals surface area contributed by atoms with Gasteiger partial charge in [-0.2, -0.15) is 5.26 Å². The molecule has 0 bridgehead atoms. The Balaban J connectivity index is 2.64. The van der Waals surface area contributed by atoms with Crippen LogP contribution in [0.4, 0.5) is 0 Å². The molecule has 0 aromatic carbocycles. The number of allylic oxidation sites excluding steroid dienone is 1. The van der Waals surface area contributed by atoms with E-state index in [0.717, 1.165) is 5.70 Å². The van der Waals surface area contributed by atoms with Crippen LogP contribution in [0.25, 0.3) is 0 Å². The van der Waals surface area contributed by atoms with Crippen LogP contribution in [0.3, 0.4) is 0 Å².